The fraction of sp³-hybridized carbons (Fsp3) is 0.667. The third-order valence-electron chi connectivity index (χ3n) is 4.79. The van der Waals surface area contributed by atoms with Crippen LogP contribution in [0.1, 0.15) is 25.0 Å². The lowest BCUT2D eigenvalue weighted by atomic mass is 10.2. The quantitative estimate of drug-likeness (QED) is 0.938. The SMILES string of the molecule is CNCc1c(N2CCCN3CCCC3C2)nc2sccn12. The zero-order valence-electron chi connectivity index (χ0n) is 12.6. The normalized spacial score (nSPS) is 23.7. The molecule has 21 heavy (non-hydrogen) atoms. The Kier molecular flexibility index (Phi) is 3.61. The first-order valence-corrected chi connectivity index (χ1v) is 8.83. The van der Waals surface area contributed by atoms with Crippen LogP contribution < -0.4 is 10.2 Å². The number of imidazole rings is 1. The molecule has 1 atom stereocenters. The van der Waals surface area contributed by atoms with E-state index >= 15 is 0 Å². The van der Waals surface area contributed by atoms with E-state index < -0.39 is 0 Å². The van der Waals surface area contributed by atoms with E-state index in [4.69, 9.17) is 4.98 Å². The molecular formula is C15H23N5S. The van der Waals surface area contributed by atoms with Gasteiger partial charge >= 0.3 is 0 Å². The topological polar surface area (TPSA) is 35.8 Å². The molecule has 6 heteroatoms. The summed E-state index contributed by atoms with van der Waals surface area (Å²) in [4.78, 5) is 11.2. The van der Waals surface area contributed by atoms with Crippen LogP contribution in [-0.2, 0) is 6.54 Å². The minimum Gasteiger partial charge on any atom is -0.353 e. The first-order valence-electron chi connectivity index (χ1n) is 7.95. The highest BCUT2D eigenvalue weighted by Gasteiger charge is 2.30. The predicted octanol–water partition coefficient (Wildman–Crippen LogP) is 1.79. The third kappa shape index (κ3) is 2.35. The zero-order valence-corrected chi connectivity index (χ0v) is 13.4. The number of rotatable bonds is 3. The molecule has 0 spiro atoms. The minimum absolute atomic E-state index is 0.731. The number of nitrogens with one attached hydrogen (secondary N) is 1. The molecule has 2 aromatic heterocycles. The van der Waals surface area contributed by atoms with Crippen LogP contribution in [0.3, 0.4) is 0 Å². The van der Waals surface area contributed by atoms with E-state index in [9.17, 15) is 0 Å². The Balaban J connectivity index is 1.67. The minimum atomic E-state index is 0.731. The van der Waals surface area contributed by atoms with E-state index in [-0.39, 0.29) is 0 Å². The Hall–Kier alpha value is -1.11. The molecule has 0 aromatic carbocycles. The molecule has 2 aromatic rings. The zero-order chi connectivity index (χ0) is 14.2. The molecule has 2 fully saturated rings. The lowest BCUT2D eigenvalue weighted by Crippen LogP contribution is -2.37. The lowest BCUT2D eigenvalue weighted by Gasteiger charge is -2.26. The van der Waals surface area contributed by atoms with Crippen LogP contribution in [0.2, 0.25) is 0 Å². The number of anilines is 1. The summed E-state index contributed by atoms with van der Waals surface area (Å²) in [6.45, 7) is 5.69. The third-order valence-corrected chi connectivity index (χ3v) is 5.54. The van der Waals surface area contributed by atoms with Crippen molar-refractivity contribution in [3.63, 3.8) is 0 Å². The van der Waals surface area contributed by atoms with Gasteiger partial charge in [-0.25, -0.2) is 4.98 Å². The van der Waals surface area contributed by atoms with E-state index in [0.717, 1.165) is 30.6 Å². The smallest absolute Gasteiger partial charge is 0.195 e. The molecule has 0 saturated carbocycles. The van der Waals surface area contributed by atoms with Crippen LogP contribution in [0.15, 0.2) is 11.6 Å². The van der Waals surface area contributed by atoms with E-state index in [2.05, 4.69) is 31.1 Å². The van der Waals surface area contributed by atoms with Crippen molar-refractivity contribution in [3.05, 3.63) is 17.3 Å². The molecule has 0 aliphatic carbocycles. The van der Waals surface area contributed by atoms with Crippen molar-refractivity contribution in [1.82, 2.24) is 19.6 Å². The van der Waals surface area contributed by atoms with Crippen LogP contribution in [0.4, 0.5) is 5.82 Å². The van der Waals surface area contributed by atoms with Gasteiger partial charge in [0.2, 0.25) is 0 Å². The van der Waals surface area contributed by atoms with E-state index in [1.54, 1.807) is 11.3 Å². The molecule has 2 saturated heterocycles. The number of thiazole rings is 1. The fourth-order valence-electron chi connectivity index (χ4n) is 3.81. The number of fused-ring (bicyclic) bond motifs is 2. The molecule has 5 nitrogen and oxygen atoms in total. The highest BCUT2D eigenvalue weighted by atomic mass is 32.1. The summed E-state index contributed by atoms with van der Waals surface area (Å²) < 4.78 is 2.24. The van der Waals surface area contributed by atoms with Crippen LogP contribution in [0, 0.1) is 0 Å². The van der Waals surface area contributed by atoms with Crippen molar-refractivity contribution < 1.29 is 0 Å². The standard InChI is InChI=1S/C15H23N5S/c1-16-10-13-14(17-15-20(13)8-9-21-15)19-7-3-6-18-5-2-4-12(18)11-19/h8-9,12,16H,2-7,10-11H2,1H3. The molecule has 2 aliphatic heterocycles. The van der Waals surface area contributed by atoms with Gasteiger partial charge in [0, 0.05) is 43.8 Å². The van der Waals surface area contributed by atoms with Crippen molar-refractivity contribution in [2.24, 2.45) is 0 Å². The van der Waals surface area contributed by atoms with Crippen molar-refractivity contribution in [2.45, 2.75) is 31.8 Å². The van der Waals surface area contributed by atoms with Crippen LogP contribution in [0.5, 0.6) is 0 Å². The van der Waals surface area contributed by atoms with Crippen molar-refractivity contribution in [1.29, 1.82) is 0 Å². The molecule has 2 aliphatic rings. The molecule has 0 radical (unpaired) electrons. The number of hydrogen-bond donors (Lipinski definition) is 1. The highest BCUT2D eigenvalue weighted by molar-refractivity contribution is 7.15. The molecule has 1 unspecified atom stereocenters. The summed E-state index contributed by atoms with van der Waals surface area (Å²) >= 11 is 1.72. The van der Waals surface area contributed by atoms with E-state index in [1.165, 1.54) is 43.9 Å². The maximum Gasteiger partial charge on any atom is 0.195 e. The average Bonchev–Trinajstić information content (AvgIpc) is 3.15. The molecule has 0 bridgehead atoms. The maximum atomic E-state index is 4.92. The second kappa shape index (κ2) is 5.59. The van der Waals surface area contributed by atoms with Crippen molar-refractivity contribution in [2.75, 3.05) is 38.1 Å². The summed E-state index contributed by atoms with van der Waals surface area (Å²) in [5.74, 6) is 1.20. The second-order valence-corrected chi connectivity index (χ2v) is 6.97. The van der Waals surface area contributed by atoms with E-state index in [0.29, 0.717) is 0 Å². The fourth-order valence-corrected chi connectivity index (χ4v) is 4.53. The average molecular weight is 305 g/mol. The van der Waals surface area contributed by atoms with Gasteiger partial charge in [-0.3, -0.25) is 9.30 Å². The Morgan fingerprint density at radius 2 is 2.24 bits per heavy atom. The molecule has 114 valence electrons. The van der Waals surface area contributed by atoms with Gasteiger partial charge in [0.1, 0.15) is 0 Å². The monoisotopic (exact) mass is 305 g/mol. The number of nitrogens with zero attached hydrogens (tertiary/aromatic N) is 4. The summed E-state index contributed by atoms with van der Waals surface area (Å²) in [5, 5.41) is 5.42. The van der Waals surface area contributed by atoms with Gasteiger partial charge in [-0.1, -0.05) is 0 Å². The predicted molar refractivity (Wildman–Crippen MR) is 87.3 cm³/mol. The van der Waals surface area contributed by atoms with Crippen LogP contribution >= 0.6 is 11.3 Å². The van der Waals surface area contributed by atoms with Gasteiger partial charge in [0.15, 0.2) is 10.8 Å². The molecule has 4 rings (SSSR count). The molecule has 4 heterocycles. The van der Waals surface area contributed by atoms with Crippen molar-refractivity contribution in [3.8, 4) is 0 Å². The summed E-state index contributed by atoms with van der Waals surface area (Å²) in [7, 11) is 2.01. The second-order valence-electron chi connectivity index (χ2n) is 6.10. The molecule has 0 amide bonds. The Labute approximate surface area is 129 Å². The van der Waals surface area contributed by atoms with Gasteiger partial charge < -0.3 is 10.2 Å². The Morgan fingerprint density at radius 3 is 3.14 bits per heavy atom. The largest absolute Gasteiger partial charge is 0.353 e. The van der Waals surface area contributed by atoms with E-state index in [1.807, 2.05) is 7.05 Å². The van der Waals surface area contributed by atoms with Gasteiger partial charge in [0.25, 0.3) is 0 Å². The summed E-state index contributed by atoms with van der Waals surface area (Å²) in [6.07, 6.45) is 6.10. The number of hydrogen-bond acceptors (Lipinski definition) is 5. The first kappa shape index (κ1) is 13.5. The Morgan fingerprint density at radius 1 is 1.33 bits per heavy atom. The van der Waals surface area contributed by atoms with Crippen molar-refractivity contribution >= 4 is 22.1 Å². The van der Waals surface area contributed by atoms with Gasteiger partial charge in [-0.2, -0.15) is 0 Å². The van der Waals surface area contributed by atoms with Gasteiger partial charge in [0.05, 0.1) is 5.69 Å². The Bertz CT molecular complexity index is 619. The molecule has 1 N–H and O–H groups in total. The molecular weight excluding hydrogens is 282 g/mol. The maximum absolute atomic E-state index is 4.92. The van der Waals surface area contributed by atoms with Gasteiger partial charge in [-0.05, 0) is 32.9 Å². The van der Waals surface area contributed by atoms with Crippen LogP contribution in [0.25, 0.3) is 4.96 Å². The number of aromatic nitrogens is 2. The summed E-state index contributed by atoms with van der Waals surface area (Å²) in [5.41, 5.74) is 1.31. The highest BCUT2D eigenvalue weighted by Crippen LogP contribution is 2.29. The summed E-state index contributed by atoms with van der Waals surface area (Å²) in [6, 6.07) is 0.731. The first-order chi connectivity index (χ1) is 10.4. The van der Waals surface area contributed by atoms with Gasteiger partial charge in [-0.15, -0.1) is 11.3 Å². The van der Waals surface area contributed by atoms with Crippen LogP contribution in [-0.4, -0.2) is 53.6 Å². The lowest BCUT2D eigenvalue weighted by molar-refractivity contribution is 0.273.